The molecule has 0 saturated heterocycles. The van der Waals surface area contributed by atoms with Crippen molar-refractivity contribution >= 4 is 26.0 Å². The molecule has 102 valence electrons. The zero-order valence-electron chi connectivity index (χ0n) is 9.16. The first-order chi connectivity index (χ1) is 8.15. The van der Waals surface area contributed by atoms with Crippen molar-refractivity contribution in [3.63, 3.8) is 0 Å². The summed E-state index contributed by atoms with van der Waals surface area (Å²) in [5, 5.41) is 0. The van der Waals surface area contributed by atoms with Gasteiger partial charge in [0, 0.05) is 10.7 Å². The Kier molecular flexibility index (Phi) is 4.73. The lowest BCUT2D eigenvalue weighted by Crippen LogP contribution is -2.14. The number of aromatic nitrogens is 1. The SMILES string of the molecule is CCS(=O)(=O)OCc1ncc(Br)cc1C(F)(F)F. The second-order valence-electron chi connectivity index (χ2n) is 3.25. The van der Waals surface area contributed by atoms with E-state index in [2.05, 4.69) is 25.1 Å². The molecule has 1 aromatic heterocycles. The smallest absolute Gasteiger partial charge is 0.264 e. The van der Waals surface area contributed by atoms with Crippen LogP contribution in [0.25, 0.3) is 0 Å². The summed E-state index contributed by atoms with van der Waals surface area (Å²) in [7, 11) is -3.81. The van der Waals surface area contributed by atoms with Gasteiger partial charge >= 0.3 is 6.18 Å². The minimum atomic E-state index is -4.62. The predicted molar refractivity (Wildman–Crippen MR) is 61.2 cm³/mol. The first-order valence-corrected chi connectivity index (χ1v) is 7.11. The van der Waals surface area contributed by atoms with Gasteiger partial charge in [-0.05, 0) is 28.9 Å². The Bertz CT molecular complexity index is 530. The highest BCUT2D eigenvalue weighted by molar-refractivity contribution is 9.10. The average molecular weight is 348 g/mol. The first kappa shape index (κ1) is 15.4. The molecule has 9 heteroatoms. The molecule has 4 nitrogen and oxygen atoms in total. The molecule has 0 bridgehead atoms. The number of pyridine rings is 1. The number of hydrogen-bond donors (Lipinski definition) is 0. The second kappa shape index (κ2) is 5.54. The fourth-order valence-corrected chi connectivity index (χ4v) is 1.85. The van der Waals surface area contributed by atoms with E-state index in [0.717, 1.165) is 12.3 Å². The van der Waals surface area contributed by atoms with E-state index in [1.54, 1.807) is 0 Å². The lowest BCUT2D eigenvalue weighted by molar-refractivity contribution is -0.138. The molecule has 0 amide bonds. The van der Waals surface area contributed by atoms with E-state index < -0.39 is 34.2 Å². The maximum atomic E-state index is 12.7. The summed E-state index contributed by atoms with van der Waals surface area (Å²) in [6.07, 6.45) is -3.47. The van der Waals surface area contributed by atoms with E-state index in [4.69, 9.17) is 0 Å². The summed E-state index contributed by atoms with van der Waals surface area (Å²) in [4.78, 5) is 3.53. The van der Waals surface area contributed by atoms with Crippen molar-refractivity contribution in [1.29, 1.82) is 0 Å². The van der Waals surface area contributed by atoms with Crippen molar-refractivity contribution in [2.75, 3.05) is 5.75 Å². The van der Waals surface area contributed by atoms with Gasteiger partial charge < -0.3 is 0 Å². The van der Waals surface area contributed by atoms with Crippen LogP contribution < -0.4 is 0 Å². The zero-order chi connectivity index (χ0) is 14.0. The molecule has 1 aromatic rings. The van der Waals surface area contributed by atoms with Crippen LogP contribution in [0.1, 0.15) is 18.2 Å². The quantitative estimate of drug-likeness (QED) is 0.786. The summed E-state index contributed by atoms with van der Waals surface area (Å²) in [5.74, 6) is -0.315. The van der Waals surface area contributed by atoms with Crippen LogP contribution >= 0.6 is 15.9 Å². The van der Waals surface area contributed by atoms with Crippen LogP contribution in [-0.4, -0.2) is 19.2 Å². The summed E-state index contributed by atoms with van der Waals surface area (Å²) in [6.45, 7) is 0.591. The molecule has 0 saturated carbocycles. The maximum absolute atomic E-state index is 12.7. The van der Waals surface area contributed by atoms with Gasteiger partial charge in [-0.25, -0.2) is 0 Å². The van der Waals surface area contributed by atoms with Gasteiger partial charge in [0.1, 0.15) is 6.61 Å². The van der Waals surface area contributed by atoms with E-state index in [9.17, 15) is 21.6 Å². The highest BCUT2D eigenvalue weighted by Gasteiger charge is 2.34. The topological polar surface area (TPSA) is 56.3 Å². The molecule has 0 aliphatic carbocycles. The van der Waals surface area contributed by atoms with Gasteiger partial charge in [-0.2, -0.15) is 21.6 Å². The summed E-state index contributed by atoms with van der Waals surface area (Å²) in [6, 6.07) is 0.824. The molecule has 0 fully saturated rings. The molecule has 0 aliphatic rings. The predicted octanol–water partition coefficient (Wildman–Crippen LogP) is 2.73. The van der Waals surface area contributed by atoms with E-state index in [0.29, 0.717) is 0 Å². The second-order valence-corrected chi connectivity index (χ2v) is 6.10. The molecule has 1 heterocycles. The van der Waals surface area contributed by atoms with Gasteiger partial charge in [-0.1, -0.05) is 0 Å². The maximum Gasteiger partial charge on any atom is 0.418 e. The van der Waals surface area contributed by atoms with Crippen molar-refractivity contribution in [3.05, 3.63) is 28.0 Å². The molecule has 0 radical (unpaired) electrons. The van der Waals surface area contributed by atoms with Crippen molar-refractivity contribution in [3.8, 4) is 0 Å². The Hall–Kier alpha value is -0.670. The fourth-order valence-electron chi connectivity index (χ4n) is 1.06. The Morgan fingerprint density at radius 1 is 1.44 bits per heavy atom. The summed E-state index contributed by atoms with van der Waals surface area (Å²) in [5.41, 5.74) is -1.49. The van der Waals surface area contributed by atoms with Crippen LogP contribution in [0, 0.1) is 0 Å². The third-order valence-corrected chi connectivity index (χ3v) is 3.59. The fraction of sp³-hybridized carbons (Fsp3) is 0.444. The molecule has 0 aromatic carbocycles. The Labute approximate surface area is 110 Å². The van der Waals surface area contributed by atoms with Gasteiger partial charge in [0.25, 0.3) is 10.1 Å². The number of hydrogen-bond acceptors (Lipinski definition) is 4. The standard InChI is InChI=1S/C9H9BrF3NO3S/c1-2-18(15,16)17-5-8-7(9(11,12)13)3-6(10)4-14-8/h3-4H,2,5H2,1H3. The number of alkyl halides is 3. The van der Waals surface area contributed by atoms with Crippen molar-refractivity contribution < 1.29 is 25.8 Å². The molecule has 0 N–H and O–H groups in total. The van der Waals surface area contributed by atoms with E-state index in [1.165, 1.54) is 6.92 Å². The van der Waals surface area contributed by atoms with Crippen LogP contribution in [0.2, 0.25) is 0 Å². The molecular formula is C9H9BrF3NO3S. The number of halogens is 4. The molecule has 0 spiro atoms. The van der Waals surface area contributed by atoms with Crippen LogP contribution in [0.5, 0.6) is 0 Å². The Morgan fingerprint density at radius 2 is 2.06 bits per heavy atom. The lowest BCUT2D eigenvalue weighted by atomic mass is 10.2. The van der Waals surface area contributed by atoms with Crippen LogP contribution in [0.15, 0.2) is 16.7 Å². The van der Waals surface area contributed by atoms with E-state index in [-0.39, 0.29) is 10.2 Å². The van der Waals surface area contributed by atoms with Crippen molar-refractivity contribution in [2.45, 2.75) is 19.7 Å². The molecule has 18 heavy (non-hydrogen) atoms. The minimum absolute atomic E-state index is 0.150. The van der Waals surface area contributed by atoms with Gasteiger partial charge in [0.2, 0.25) is 0 Å². The number of rotatable bonds is 4. The molecular weight excluding hydrogens is 339 g/mol. The number of nitrogens with zero attached hydrogens (tertiary/aromatic N) is 1. The van der Waals surface area contributed by atoms with Gasteiger partial charge in [-0.3, -0.25) is 9.17 Å². The largest absolute Gasteiger partial charge is 0.418 e. The average Bonchev–Trinajstić information content (AvgIpc) is 2.26. The molecule has 0 unspecified atom stereocenters. The van der Waals surface area contributed by atoms with Gasteiger partial charge in [0.15, 0.2) is 0 Å². The summed E-state index contributed by atoms with van der Waals surface area (Å²) >= 11 is 2.87. The van der Waals surface area contributed by atoms with E-state index >= 15 is 0 Å². The zero-order valence-corrected chi connectivity index (χ0v) is 11.6. The van der Waals surface area contributed by atoms with E-state index in [1.807, 2.05) is 0 Å². The van der Waals surface area contributed by atoms with Gasteiger partial charge in [-0.15, -0.1) is 0 Å². The third kappa shape index (κ3) is 4.21. The van der Waals surface area contributed by atoms with Crippen LogP contribution in [0.4, 0.5) is 13.2 Å². The third-order valence-electron chi connectivity index (χ3n) is 1.97. The molecule has 0 aliphatic heterocycles. The molecule has 0 atom stereocenters. The highest BCUT2D eigenvalue weighted by atomic mass is 79.9. The van der Waals surface area contributed by atoms with Crippen molar-refractivity contribution in [1.82, 2.24) is 4.98 Å². The minimum Gasteiger partial charge on any atom is -0.264 e. The monoisotopic (exact) mass is 347 g/mol. The lowest BCUT2D eigenvalue weighted by Gasteiger charge is -2.12. The van der Waals surface area contributed by atoms with Gasteiger partial charge in [0.05, 0.1) is 17.0 Å². The Morgan fingerprint density at radius 3 is 2.56 bits per heavy atom. The summed E-state index contributed by atoms with van der Waals surface area (Å²) < 4.78 is 64.7. The van der Waals surface area contributed by atoms with Crippen LogP contribution in [0.3, 0.4) is 0 Å². The van der Waals surface area contributed by atoms with Crippen LogP contribution in [-0.2, 0) is 27.1 Å². The van der Waals surface area contributed by atoms with Crippen molar-refractivity contribution in [2.24, 2.45) is 0 Å². The Balaban J connectivity index is 3.03. The first-order valence-electron chi connectivity index (χ1n) is 4.74. The normalized spacial score (nSPS) is 12.7. The molecule has 1 rings (SSSR count). The highest BCUT2D eigenvalue weighted by Crippen LogP contribution is 2.33.